The quantitative estimate of drug-likeness (QED) is 0.592. The van der Waals surface area contributed by atoms with Crippen molar-refractivity contribution in [3.63, 3.8) is 0 Å². The van der Waals surface area contributed by atoms with Crippen LogP contribution in [0, 0.1) is 46.3 Å². The first-order valence-electron chi connectivity index (χ1n) is 13.0. The van der Waals surface area contributed by atoms with E-state index in [1.807, 2.05) is 0 Å². The summed E-state index contributed by atoms with van der Waals surface area (Å²) in [6, 6.07) is 0. The first-order valence-corrected chi connectivity index (χ1v) is 13.0. The van der Waals surface area contributed by atoms with E-state index in [0.29, 0.717) is 17.3 Å². The molecule has 0 aromatic heterocycles. The Morgan fingerprint density at radius 3 is 2.39 bits per heavy atom. The number of Topliss-reactive ketones (excluding diaryl/α,β-unsaturated/α-hetero) is 1. The molecule has 9 atom stereocenters. The molecule has 4 saturated carbocycles. The smallest absolute Gasteiger partial charge is 0.335 e. The van der Waals surface area contributed by atoms with Crippen LogP contribution < -0.4 is 0 Å². The molecule has 0 radical (unpaired) electrons. The molecule has 6 heteroatoms. The Morgan fingerprint density at radius 1 is 0.970 bits per heavy atom. The predicted molar refractivity (Wildman–Crippen MR) is 123 cm³/mol. The van der Waals surface area contributed by atoms with Crippen LogP contribution in [-0.4, -0.2) is 42.6 Å². The number of carbonyl (C=O) groups is 3. The number of fused-ring (bicyclic) bond motifs is 5. The van der Waals surface area contributed by atoms with Gasteiger partial charge in [-0.15, -0.1) is 0 Å². The van der Waals surface area contributed by atoms with Crippen molar-refractivity contribution >= 4 is 17.7 Å². The molecule has 4 aliphatic rings. The number of ether oxygens (including phenoxy) is 2. The first-order chi connectivity index (χ1) is 15.6. The molecule has 4 unspecified atom stereocenters. The fraction of sp³-hybridized carbons (Fsp3) is 0.889. The lowest BCUT2D eigenvalue weighted by atomic mass is 9.44. The molecule has 4 rings (SSSR count). The van der Waals surface area contributed by atoms with Crippen molar-refractivity contribution < 1.29 is 29.0 Å². The summed E-state index contributed by atoms with van der Waals surface area (Å²) in [6.07, 6.45) is 8.98. The van der Waals surface area contributed by atoms with Crippen molar-refractivity contribution in [2.75, 3.05) is 13.7 Å². The average Bonchev–Trinajstić information content (AvgIpc) is 3.14. The number of ketones is 1. The van der Waals surface area contributed by atoms with Crippen LogP contribution in [0.1, 0.15) is 85.0 Å². The molecule has 4 fully saturated rings. The highest BCUT2D eigenvalue weighted by molar-refractivity contribution is 5.86. The number of hydrogen-bond acceptors (Lipinski definition) is 6. The maximum atomic E-state index is 13.1. The third-order valence-corrected chi connectivity index (χ3v) is 10.5. The van der Waals surface area contributed by atoms with Crippen molar-refractivity contribution in [1.82, 2.24) is 0 Å². The largest absolute Gasteiger partial charge is 0.467 e. The van der Waals surface area contributed by atoms with E-state index < -0.39 is 24.5 Å². The van der Waals surface area contributed by atoms with Crippen LogP contribution in [0.4, 0.5) is 0 Å². The summed E-state index contributed by atoms with van der Waals surface area (Å²) in [6.45, 7) is 7.03. The van der Waals surface area contributed by atoms with E-state index in [4.69, 9.17) is 4.74 Å². The Bertz CT molecular complexity index is 779. The van der Waals surface area contributed by atoms with Gasteiger partial charge in [-0.1, -0.05) is 27.2 Å². The predicted octanol–water partition coefficient (Wildman–Crippen LogP) is 4.32. The molecule has 0 heterocycles. The molecular formula is C27H42O6. The summed E-state index contributed by atoms with van der Waals surface area (Å²) >= 11 is 0. The number of rotatable bonds is 6. The van der Waals surface area contributed by atoms with Crippen LogP contribution in [-0.2, 0) is 23.9 Å². The third kappa shape index (κ3) is 4.37. The van der Waals surface area contributed by atoms with Crippen molar-refractivity contribution in [1.29, 1.82) is 0 Å². The van der Waals surface area contributed by atoms with Crippen LogP contribution in [0.25, 0.3) is 0 Å². The highest BCUT2D eigenvalue weighted by Crippen LogP contribution is 2.67. The van der Waals surface area contributed by atoms with E-state index in [9.17, 15) is 19.5 Å². The molecule has 0 bridgehead atoms. The van der Waals surface area contributed by atoms with Gasteiger partial charge >= 0.3 is 11.9 Å². The van der Waals surface area contributed by atoms with Gasteiger partial charge in [0, 0.05) is 5.92 Å². The van der Waals surface area contributed by atoms with Crippen molar-refractivity contribution in [3.05, 3.63) is 0 Å². The lowest BCUT2D eigenvalue weighted by molar-refractivity contribution is -0.160. The van der Waals surface area contributed by atoms with Gasteiger partial charge in [-0.05, 0) is 91.8 Å². The van der Waals surface area contributed by atoms with Crippen LogP contribution in [0.15, 0.2) is 0 Å². The van der Waals surface area contributed by atoms with Gasteiger partial charge in [-0.2, -0.15) is 0 Å². The van der Waals surface area contributed by atoms with E-state index in [-0.39, 0.29) is 23.7 Å². The summed E-state index contributed by atoms with van der Waals surface area (Å²) in [5, 5.41) is 9.63. The van der Waals surface area contributed by atoms with E-state index >= 15 is 0 Å². The van der Waals surface area contributed by atoms with Gasteiger partial charge in [0.1, 0.15) is 6.61 Å². The summed E-state index contributed by atoms with van der Waals surface area (Å²) in [5.41, 5.74) is 0.455. The summed E-state index contributed by atoms with van der Waals surface area (Å²) in [4.78, 5) is 36.4. The number of aliphatic hydroxyl groups excluding tert-OH is 1. The SMILES string of the molecule is COC(=O)C(O)CC(=O)OCC(=O)[C@H]1CCC2[C@@H]3CCC4C[C@@H](C)CC[C@]4(C)C3CC[C@@]21C. The normalized spacial score (nSPS) is 42.9. The lowest BCUT2D eigenvalue weighted by Gasteiger charge is -2.61. The Morgan fingerprint density at radius 2 is 1.67 bits per heavy atom. The highest BCUT2D eigenvalue weighted by Gasteiger charge is 2.61. The molecule has 0 aromatic carbocycles. The Hall–Kier alpha value is -1.43. The fourth-order valence-electron chi connectivity index (χ4n) is 8.69. The Labute approximate surface area is 198 Å². The zero-order valence-corrected chi connectivity index (χ0v) is 20.8. The third-order valence-electron chi connectivity index (χ3n) is 10.5. The van der Waals surface area contributed by atoms with Crippen LogP contribution >= 0.6 is 0 Å². The molecule has 0 saturated heterocycles. The number of aliphatic hydroxyl groups is 1. The second-order valence-electron chi connectivity index (χ2n) is 12.1. The van der Waals surface area contributed by atoms with E-state index in [2.05, 4.69) is 25.5 Å². The monoisotopic (exact) mass is 462 g/mol. The van der Waals surface area contributed by atoms with Crippen LogP contribution in [0.3, 0.4) is 0 Å². The van der Waals surface area contributed by atoms with E-state index in [1.165, 1.54) is 38.5 Å². The zero-order valence-electron chi connectivity index (χ0n) is 20.8. The molecule has 4 aliphatic carbocycles. The summed E-state index contributed by atoms with van der Waals surface area (Å²) < 4.78 is 9.57. The second-order valence-corrected chi connectivity index (χ2v) is 12.1. The minimum Gasteiger partial charge on any atom is -0.467 e. The van der Waals surface area contributed by atoms with Gasteiger partial charge in [0.05, 0.1) is 13.5 Å². The number of carbonyl (C=O) groups excluding carboxylic acids is 3. The maximum Gasteiger partial charge on any atom is 0.335 e. The van der Waals surface area contributed by atoms with Crippen molar-refractivity contribution in [2.45, 2.75) is 91.1 Å². The van der Waals surface area contributed by atoms with Crippen molar-refractivity contribution in [3.8, 4) is 0 Å². The molecule has 0 spiro atoms. The first kappa shape index (κ1) is 24.7. The maximum absolute atomic E-state index is 13.1. The molecule has 0 aliphatic heterocycles. The van der Waals surface area contributed by atoms with Gasteiger partial charge in [-0.25, -0.2) is 4.79 Å². The molecular weight excluding hydrogens is 420 g/mol. The fourth-order valence-corrected chi connectivity index (χ4v) is 8.69. The second kappa shape index (κ2) is 9.31. The van der Waals surface area contributed by atoms with Crippen molar-refractivity contribution in [2.24, 2.45) is 46.3 Å². The minimum atomic E-state index is -1.56. The van der Waals surface area contributed by atoms with Gasteiger partial charge in [0.25, 0.3) is 0 Å². The van der Waals surface area contributed by atoms with Crippen LogP contribution in [0.2, 0.25) is 0 Å². The van der Waals surface area contributed by atoms with E-state index in [0.717, 1.165) is 44.1 Å². The summed E-state index contributed by atoms with van der Waals surface area (Å²) in [7, 11) is 1.15. The number of hydrogen-bond donors (Lipinski definition) is 1. The Balaban J connectivity index is 1.38. The van der Waals surface area contributed by atoms with Gasteiger partial charge < -0.3 is 14.6 Å². The number of methoxy groups -OCH3 is 1. The topological polar surface area (TPSA) is 89.9 Å². The highest BCUT2D eigenvalue weighted by atomic mass is 16.5. The standard InChI is InChI=1S/C27H42O6/c1-16-9-11-26(2)17(13-16)5-6-18-19-7-8-21(27(19,3)12-10-20(18)26)23(29)15-33-24(30)14-22(28)25(31)32-4/h16-22,28H,5-15H2,1-4H3/t16-,17?,18-,19?,20?,21+,22?,26-,27-/m0/s1. The zero-order chi connectivity index (χ0) is 24.0. The van der Waals surface area contributed by atoms with Crippen LogP contribution in [0.5, 0.6) is 0 Å². The number of esters is 2. The van der Waals surface area contributed by atoms with Gasteiger partial charge in [0.15, 0.2) is 11.9 Å². The molecule has 1 N–H and O–H groups in total. The Kier molecular flexibility index (Phi) is 6.97. The molecule has 6 nitrogen and oxygen atoms in total. The summed E-state index contributed by atoms with van der Waals surface area (Å²) in [5.74, 6) is 2.11. The minimum absolute atomic E-state index is 0.00857. The van der Waals surface area contributed by atoms with Gasteiger partial charge in [0.2, 0.25) is 0 Å². The van der Waals surface area contributed by atoms with E-state index in [1.54, 1.807) is 0 Å². The molecule has 0 aromatic rings. The molecule has 186 valence electrons. The molecule has 0 amide bonds. The van der Waals surface area contributed by atoms with Gasteiger partial charge in [-0.3, -0.25) is 9.59 Å². The average molecular weight is 463 g/mol. The lowest BCUT2D eigenvalue weighted by Crippen LogP contribution is -2.53. The molecule has 33 heavy (non-hydrogen) atoms.